The van der Waals surface area contributed by atoms with Gasteiger partial charge in [0, 0.05) is 49.4 Å². The Hall–Kier alpha value is -2.86. The van der Waals surface area contributed by atoms with Crippen molar-refractivity contribution in [2.45, 2.75) is 44.7 Å². The summed E-state index contributed by atoms with van der Waals surface area (Å²) in [4.78, 5) is 26.9. The first-order chi connectivity index (χ1) is 14.0. The predicted octanol–water partition coefficient (Wildman–Crippen LogP) is 3.21. The molecule has 4 N–H and O–H groups in total. The van der Waals surface area contributed by atoms with E-state index in [1.54, 1.807) is 0 Å². The zero-order valence-corrected chi connectivity index (χ0v) is 16.9. The van der Waals surface area contributed by atoms with Crippen molar-refractivity contribution in [2.75, 3.05) is 23.3 Å². The Morgan fingerprint density at radius 3 is 2.45 bits per heavy atom. The maximum absolute atomic E-state index is 12.4. The number of carbonyl (C=O) groups is 2. The van der Waals surface area contributed by atoms with Crippen LogP contribution in [0.1, 0.15) is 44.2 Å². The standard InChI is InChI=1S/C23H30N4O2/c1-17(25-23(29)16-21(24)18-8-3-2-4-9-18)14-22(28)26-19-10-7-11-20(15-19)27-12-5-6-13-27/h2-4,7-11,15,17,21H,5-6,12-14,16,24H2,1H3,(H,25,29)(H,26,28). The Bertz CT molecular complexity index is 819. The first-order valence-electron chi connectivity index (χ1n) is 10.3. The quantitative estimate of drug-likeness (QED) is 0.642. The summed E-state index contributed by atoms with van der Waals surface area (Å²) in [5.41, 5.74) is 8.94. The molecule has 3 rings (SSSR count). The van der Waals surface area contributed by atoms with Crippen LogP contribution in [0, 0.1) is 0 Å². The Morgan fingerprint density at radius 1 is 1.00 bits per heavy atom. The van der Waals surface area contributed by atoms with Gasteiger partial charge in [-0.2, -0.15) is 0 Å². The van der Waals surface area contributed by atoms with E-state index in [4.69, 9.17) is 5.73 Å². The lowest BCUT2D eigenvalue weighted by Crippen LogP contribution is -2.36. The van der Waals surface area contributed by atoms with Crippen LogP contribution in [0.5, 0.6) is 0 Å². The summed E-state index contributed by atoms with van der Waals surface area (Å²) in [5, 5.41) is 5.80. The molecule has 154 valence electrons. The summed E-state index contributed by atoms with van der Waals surface area (Å²) >= 11 is 0. The molecule has 2 amide bonds. The lowest BCUT2D eigenvalue weighted by Gasteiger charge is -2.19. The summed E-state index contributed by atoms with van der Waals surface area (Å²) in [6.07, 6.45) is 2.82. The van der Waals surface area contributed by atoms with Crippen LogP contribution in [0.3, 0.4) is 0 Å². The average Bonchev–Trinajstić information content (AvgIpc) is 3.23. The van der Waals surface area contributed by atoms with E-state index in [1.165, 1.54) is 12.8 Å². The maximum Gasteiger partial charge on any atom is 0.226 e. The molecule has 0 saturated carbocycles. The summed E-state index contributed by atoms with van der Waals surface area (Å²) in [5.74, 6) is -0.276. The number of nitrogens with zero attached hydrogens (tertiary/aromatic N) is 1. The molecule has 1 aliphatic heterocycles. The Kier molecular flexibility index (Phi) is 7.25. The second-order valence-corrected chi connectivity index (χ2v) is 7.69. The number of hydrogen-bond donors (Lipinski definition) is 3. The van der Waals surface area contributed by atoms with Crippen LogP contribution >= 0.6 is 0 Å². The lowest BCUT2D eigenvalue weighted by molar-refractivity contribution is -0.122. The van der Waals surface area contributed by atoms with Gasteiger partial charge in [-0.25, -0.2) is 0 Å². The van der Waals surface area contributed by atoms with Gasteiger partial charge < -0.3 is 21.3 Å². The Morgan fingerprint density at radius 2 is 1.72 bits per heavy atom. The van der Waals surface area contributed by atoms with Crippen LogP contribution in [0.2, 0.25) is 0 Å². The largest absolute Gasteiger partial charge is 0.371 e. The highest BCUT2D eigenvalue weighted by molar-refractivity contribution is 5.92. The molecular formula is C23H30N4O2. The normalized spacial score (nSPS) is 15.6. The van der Waals surface area contributed by atoms with Crippen molar-refractivity contribution in [1.82, 2.24) is 5.32 Å². The van der Waals surface area contributed by atoms with E-state index in [0.29, 0.717) is 0 Å². The number of amides is 2. The Labute approximate surface area is 172 Å². The van der Waals surface area contributed by atoms with Crippen LogP contribution in [0.25, 0.3) is 0 Å². The van der Waals surface area contributed by atoms with E-state index in [9.17, 15) is 9.59 Å². The fraction of sp³-hybridized carbons (Fsp3) is 0.391. The van der Waals surface area contributed by atoms with E-state index >= 15 is 0 Å². The van der Waals surface area contributed by atoms with Gasteiger partial charge in [0.25, 0.3) is 0 Å². The molecule has 1 heterocycles. The van der Waals surface area contributed by atoms with Gasteiger partial charge in [0.2, 0.25) is 11.8 Å². The molecule has 0 aliphatic carbocycles. The number of rotatable bonds is 8. The van der Waals surface area contributed by atoms with Gasteiger partial charge in [0.05, 0.1) is 0 Å². The molecule has 0 aromatic heterocycles. The molecule has 1 aliphatic rings. The summed E-state index contributed by atoms with van der Waals surface area (Å²) in [7, 11) is 0. The van der Waals surface area contributed by atoms with Crippen LogP contribution in [0.15, 0.2) is 54.6 Å². The van der Waals surface area contributed by atoms with Gasteiger partial charge in [-0.05, 0) is 43.5 Å². The minimum absolute atomic E-state index is 0.122. The number of nitrogens with one attached hydrogen (secondary N) is 2. The van der Waals surface area contributed by atoms with Crippen LogP contribution in [0.4, 0.5) is 11.4 Å². The Balaban J connectivity index is 1.45. The highest BCUT2D eigenvalue weighted by atomic mass is 16.2. The van der Waals surface area contributed by atoms with Crippen molar-refractivity contribution < 1.29 is 9.59 Å². The van der Waals surface area contributed by atoms with Crippen molar-refractivity contribution >= 4 is 23.2 Å². The third-order valence-corrected chi connectivity index (χ3v) is 5.13. The molecule has 1 fully saturated rings. The smallest absolute Gasteiger partial charge is 0.226 e. The van der Waals surface area contributed by atoms with Crippen LogP contribution in [-0.4, -0.2) is 30.9 Å². The van der Waals surface area contributed by atoms with Gasteiger partial charge in [-0.3, -0.25) is 9.59 Å². The van der Waals surface area contributed by atoms with Crippen molar-refractivity contribution in [3.63, 3.8) is 0 Å². The fourth-order valence-electron chi connectivity index (χ4n) is 3.65. The van der Waals surface area contributed by atoms with E-state index in [0.717, 1.165) is 30.0 Å². The second kappa shape index (κ2) is 10.1. The molecule has 0 spiro atoms. The highest BCUT2D eigenvalue weighted by Crippen LogP contribution is 2.23. The van der Waals surface area contributed by atoms with Crippen molar-refractivity contribution in [2.24, 2.45) is 5.73 Å². The first kappa shape index (κ1) is 20.9. The monoisotopic (exact) mass is 394 g/mol. The molecule has 2 aromatic rings. The van der Waals surface area contributed by atoms with Gasteiger partial charge in [0.15, 0.2) is 0 Å². The van der Waals surface area contributed by atoms with Crippen molar-refractivity contribution in [3.05, 3.63) is 60.2 Å². The van der Waals surface area contributed by atoms with Crippen molar-refractivity contribution in [1.29, 1.82) is 0 Å². The molecule has 2 unspecified atom stereocenters. The summed E-state index contributed by atoms with van der Waals surface area (Å²) < 4.78 is 0. The summed E-state index contributed by atoms with van der Waals surface area (Å²) in [6.45, 7) is 3.95. The molecule has 2 atom stereocenters. The molecular weight excluding hydrogens is 364 g/mol. The first-order valence-corrected chi connectivity index (χ1v) is 10.3. The molecule has 1 saturated heterocycles. The van der Waals surface area contributed by atoms with E-state index < -0.39 is 0 Å². The number of carbonyl (C=O) groups excluding carboxylic acids is 2. The minimum Gasteiger partial charge on any atom is -0.371 e. The third kappa shape index (κ3) is 6.32. The number of nitrogens with two attached hydrogens (primary N) is 1. The zero-order chi connectivity index (χ0) is 20.6. The predicted molar refractivity (Wildman–Crippen MR) is 117 cm³/mol. The summed E-state index contributed by atoms with van der Waals surface area (Å²) in [6, 6.07) is 16.8. The van der Waals surface area contributed by atoms with Gasteiger partial charge in [0.1, 0.15) is 0 Å². The molecule has 0 bridgehead atoms. The molecule has 29 heavy (non-hydrogen) atoms. The number of benzene rings is 2. The minimum atomic E-state index is -0.356. The van der Waals surface area contributed by atoms with Crippen LogP contribution in [-0.2, 0) is 9.59 Å². The zero-order valence-electron chi connectivity index (χ0n) is 16.9. The SMILES string of the molecule is CC(CC(=O)Nc1cccc(N2CCCC2)c1)NC(=O)CC(N)c1ccccc1. The number of anilines is 2. The molecule has 6 heteroatoms. The second-order valence-electron chi connectivity index (χ2n) is 7.69. The molecule has 0 radical (unpaired) electrons. The average molecular weight is 395 g/mol. The van der Waals surface area contributed by atoms with E-state index in [1.807, 2.05) is 55.5 Å². The third-order valence-electron chi connectivity index (χ3n) is 5.13. The lowest BCUT2D eigenvalue weighted by atomic mass is 10.0. The van der Waals surface area contributed by atoms with Gasteiger partial charge in [-0.1, -0.05) is 36.4 Å². The van der Waals surface area contributed by atoms with Crippen molar-refractivity contribution in [3.8, 4) is 0 Å². The van der Waals surface area contributed by atoms with E-state index in [2.05, 4.69) is 21.6 Å². The molecule has 2 aromatic carbocycles. The van der Waals surface area contributed by atoms with Gasteiger partial charge in [-0.15, -0.1) is 0 Å². The molecule has 6 nitrogen and oxygen atoms in total. The van der Waals surface area contributed by atoms with Gasteiger partial charge >= 0.3 is 0 Å². The topological polar surface area (TPSA) is 87.5 Å². The van der Waals surface area contributed by atoms with Crippen LogP contribution < -0.4 is 21.3 Å². The fourth-order valence-corrected chi connectivity index (χ4v) is 3.65. The highest BCUT2D eigenvalue weighted by Gasteiger charge is 2.16. The maximum atomic E-state index is 12.4. The van der Waals surface area contributed by atoms with E-state index in [-0.39, 0.29) is 36.7 Å². The number of hydrogen-bond acceptors (Lipinski definition) is 4.